The number of nitrogens with one attached hydrogen (secondary N) is 2. The summed E-state index contributed by atoms with van der Waals surface area (Å²) >= 11 is 0. The SMILES string of the molecule is CN1C(=O)NC2CNN(C)C2C1=O. The molecule has 0 spiro atoms. The lowest BCUT2D eigenvalue weighted by Gasteiger charge is -2.32. The smallest absolute Gasteiger partial charge is 0.324 e. The zero-order valence-corrected chi connectivity index (χ0v) is 7.57. The van der Waals surface area contributed by atoms with Crippen molar-refractivity contribution in [1.82, 2.24) is 20.7 Å². The van der Waals surface area contributed by atoms with E-state index in [1.165, 1.54) is 7.05 Å². The highest BCUT2D eigenvalue weighted by atomic mass is 16.2. The first kappa shape index (κ1) is 8.46. The van der Waals surface area contributed by atoms with Gasteiger partial charge in [-0.05, 0) is 0 Å². The molecule has 13 heavy (non-hydrogen) atoms. The predicted molar refractivity (Wildman–Crippen MR) is 44.6 cm³/mol. The van der Waals surface area contributed by atoms with Gasteiger partial charge in [0.05, 0.1) is 6.04 Å². The van der Waals surface area contributed by atoms with Crippen molar-refractivity contribution in [3.63, 3.8) is 0 Å². The van der Waals surface area contributed by atoms with Crippen molar-refractivity contribution < 1.29 is 9.59 Å². The van der Waals surface area contributed by atoms with Crippen molar-refractivity contribution >= 4 is 11.9 Å². The molecule has 3 amide bonds. The molecule has 2 saturated heterocycles. The van der Waals surface area contributed by atoms with E-state index in [0.29, 0.717) is 6.54 Å². The first-order valence-electron chi connectivity index (χ1n) is 4.15. The first-order valence-corrected chi connectivity index (χ1v) is 4.15. The molecule has 2 rings (SSSR count). The van der Waals surface area contributed by atoms with Crippen molar-refractivity contribution in [3.8, 4) is 0 Å². The number of carbonyl (C=O) groups is 2. The Morgan fingerprint density at radius 2 is 2.08 bits per heavy atom. The molecule has 72 valence electrons. The van der Waals surface area contributed by atoms with Crippen LogP contribution in [0.15, 0.2) is 0 Å². The summed E-state index contributed by atoms with van der Waals surface area (Å²) in [6.45, 7) is 0.618. The molecular weight excluding hydrogens is 172 g/mol. The topological polar surface area (TPSA) is 64.7 Å². The highest BCUT2D eigenvalue weighted by Crippen LogP contribution is 2.14. The number of hydrogen-bond donors (Lipinski definition) is 2. The number of imide groups is 1. The lowest BCUT2D eigenvalue weighted by Crippen LogP contribution is -2.63. The monoisotopic (exact) mass is 184 g/mol. The number of rotatable bonds is 0. The Bertz CT molecular complexity index is 267. The van der Waals surface area contributed by atoms with Crippen molar-refractivity contribution in [2.75, 3.05) is 20.6 Å². The number of nitrogens with zero attached hydrogens (tertiary/aromatic N) is 2. The Hall–Kier alpha value is -1.14. The number of carbonyl (C=O) groups excluding carboxylic acids is 2. The van der Waals surface area contributed by atoms with Gasteiger partial charge >= 0.3 is 6.03 Å². The van der Waals surface area contributed by atoms with E-state index in [9.17, 15) is 9.59 Å². The van der Waals surface area contributed by atoms with Gasteiger partial charge in [0.2, 0.25) is 0 Å². The highest BCUT2D eigenvalue weighted by Gasteiger charge is 2.45. The minimum Gasteiger partial charge on any atom is -0.331 e. The molecule has 2 unspecified atom stereocenters. The second-order valence-electron chi connectivity index (χ2n) is 3.37. The van der Waals surface area contributed by atoms with Gasteiger partial charge in [-0.3, -0.25) is 15.1 Å². The largest absolute Gasteiger partial charge is 0.331 e. The summed E-state index contributed by atoms with van der Waals surface area (Å²) < 4.78 is 0. The van der Waals surface area contributed by atoms with Crippen LogP contribution in [-0.4, -0.2) is 54.6 Å². The second kappa shape index (κ2) is 2.68. The van der Waals surface area contributed by atoms with Gasteiger partial charge in [0.1, 0.15) is 6.04 Å². The van der Waals surface area contributed by atoms with Crippen molar-refractivity contribution in [1.29, 1.82) is 0 Å². The maximum absolute atomic E-state index is 11.6. The van der Waals surface area contributed by atoms with Crippen LogP contribution in [0.2, 0.25) is 0 Å². The average Bonchev–Trinajstić information content (AvgIpc) is 2.43. The Morgan fingerprint density at radius 3 is 2.77 bits per heavy atom. The fraction of sp³-hybridized carbons (Fsp3) is 0.714. The van der Waals surface area contributed by atoms with Gasteiger partial charge in [-0.15, -0.1) is 0 Å². The van der Waals surface area contributed by atoms with Crippen molar-refractivity contribution in [2.24, 2.45) is 0 Å². The number of hydrazine groups is 1. The minimum atomic E-state index is -0.316. The molecule has 0 aromatic rings. The third-order valence-corrected chi connectivity index (χ3v) is 2.56. The zero-order valence-electron chi connectivity index (χ0n) is 7.57. The van der Waals surface area contributed by atoms with Crippen LogP contribution in [0, 0.1) is 0 Å². The summed E-state index contributed by atoms with van der Waals surface area (Å²) in [6, 6.07) is -0.674. The van der Waals surface area contributed by atoms with Crippen LogP contribution >= 0.6 is 0 Å². The van der Waals surface area contributed by atoms with Crippen LogP contribution < -0.4 is 10.7 Å². The fourth-order valence-electron chi connectivity index (χ4n) is 1.74. The minimum absolute atomic E-state index is 0.0961. The lowest BCUT2D eigenvalue weighted by molar-refractivity contribution is -0.134. The molecule has 0 aromatic heterocycles. The number of likely N-dealkylation sites (N-methyl/N-ethyl adjacent to an activating group) is 2. The van der Waals surface area contributed by atoms with Crippen molar-refractivity contribution in [2.45, 2.75) is 12.1 Å². The summed E-state index contributed by atoms with van der Waals surface area (Å²) in [4.78, 5) is 23.9. The molecule has 2 aliphatic rings. The van der Waals surface area contributed by atoms with E-state index in [4.69, 9.17) is 0 Å². The number of urea groups is 1. The normalized spacial score (nSPS) is 34.8. The summed E-state index contributed by atoms with van der Waals surface area (Å²) in [5.74, 6) is -0.152. The van der Waals surface area contributed by atoms with E-state index in [0.717, 1.165) is 4.90 Å². The molecule has 6 heteroatoms. The third-order valence-electron chi connectivity index (χ3n) is 2.56. The molecule has 6 nitrogen and oxygen atoms in total. The summed E-state index contributed by atoms with van der Waals surface area (Å²) in [5.41, 5.74) is 3.00. The molecule has 0 bridgehead atoms. The average molecular weight is 184 g/mol. The molecule has 0 aromatic carbocycles. The van der Waals surface area contributed by atoms with Gasteiger partial charge in [-0.1, -0.05) is 0 Å². The number of amides is 3. The molecule has 0 radical (unpaired) electrons. The third kappa shape index (κ3) is 1.10. The van der Waals surface area contributed by atoms with E-state index in [-0.39, 0.29) is 24.0 Å². The lowest BCUT2D eigenvalue weighted by atomic mass is 10.1. The Morgan fingerprint density at radius 1 is 1.38 bits per heavy atom. The van der Waals surface area contributed by atoms with Gasteiger partial charge < -0.3 is 5.32 Å². The van der Waals surface area contributed by atoms with E-state index in [1.807, 2.05) is 0 Å². The molecule has 2 atom stereocenters. The Kier molecular flexibility index (Phi) is 1.74. The maximum atomic E-state index is 11.6. The molecular formula is C7H12N4O2. The number of fused-ring (bicyclic) bond motifs is 1. The van der Waals surface area contributed by atoms with Crippen LogP contribution in [0.4, 0.5) is 4.79 Å². The molecule has 0 saturated carbocycles. The molecule has 2 N–H and O–H groups in total. The van der Waals surface area contributed by atoms with Gasteiger partial charge in [-0.2, -0.15) is 0 Å². The van der Waals surface area contributed by atoms with Crippen molar-refractivity contribution in [3.05, 3.63) is 0 Å². The van der Waals surface area contributed by atoms with Crippen LogP contribution in [-0.2, 0) is 4.79 Å². The zero-order chi connectivity index (χ0) is 9.59. The summed E-state index contributed by atoms with van der Waals surface area (Å²) in [7, 11) is 3.29. The van der Waals surface area contributed by atoms with Crippen LogP contribution in [0.5, 0.6) is 0 Å². The summed E-state index contributed by atoms with van der Waals surface area (Å²) in [5, 5.41) is 4.49. The standard InChI is InChI=1S/C7H12N4O2/c1-10-6(12)5-4(9-7(10)13)3-8-11(5)2/h4-5,8H,3H2,1-2H3,(H,9,13). The van der Waals surface area contributed by atoms with E-state index in [2.05, 4.69) is 10.7 Å². The predicted octanol–water partition coefficient (Wildman–Crippen LogP) is -1.64. The van der Waals surface area contributed by atoms with Gasteiger partial charge in [-0.25, -0.2) is 9.80 Å². The van der Waals surface area contributed by atoms with E-state index >= 15 is 0 Å². The summed E-state index contributed by atoms with van der Waals surface area (Å²) in [6.07, 6.45) is 0. The molecule has 2 heterocycles. The van der Waals surface area contributed by atoms with Gasteiger partial charge in [0.15, 0.2) is 0 Å². The maximum Gasteiger partial charge on any atom is 0.324 e. The first-order chi connectivity index (χ1) is 6.11. The highest BCUT2D eigenvalue weighted by molar-refractivity contribution is 6.00. The quantitative estimate of drug-likeness (QED) is 0.473. The Balaban J connectivity index is 2.24. The fourth-order valence-corrected chi connectivity index (χ4v) is 1.74. The van der Waals surface area contributed by atoms with Crippen LogP contribution in [0.1, 0.15) is 0 Å². The van der Waals surface area contributed by atoms with E-state index < -0.39 is 0 Å². The van der Waals surface area contributed by atoms with Gasteiger partial charge in [0.25, 0.3) is 5.91 Å². The van der Waals surface area contributed by atoms with Gasteiger partial charge in [0, 0.05) is 20.6 Å². The van der Waals surface area contributed by atoms with E-state index in [1.54, 1.807) is 12.1 Å². The molecule has 2 fully saturated rings. The molecule has 2 aliphatic heterocycles. The molecule has 0 aliphatic carbocycles. The Labute approximate surface area is 75.8 Å². The second-order valence-corrected chi connectivity index (χ2v) is 3.37. The van der Waals surface area contributed by atoms with Crippen LogP contribution in [0.25, 0.3) is 0 Å². The number of hydrogen-bond acceptors (Lipinski definition) is 4. The van der Waals surface area contributed by atoms with Crippen LogP contribution in [0.3, 0.4) is 0 Å².